The van der Waals surface area contributed by atoms with Gasteiger partial charge in [0.05, 0.1) is 10.0 Å². The summed E-state index contributed by atoms with van der Waals surface area (Å²) in [5.41, 5.74) is 0.993. The largest absolute Gasteiger partial charge is 0.454 e. The molecule has 0 aliphatic heterocycles. The fourth-order valence-electron chi connectivity index (χ4n) is 1.79. The monoisotopic (exact) mass is 387 g/mol. The Morgan fingerprint density at radius 3 is 2.62 bits per heavy atom. The highest BCUT2D eigenvalue weighted by atomic mass is 79.9. The van der Waals surface area contributed by atoms with E-state index < -0.39 is 0 Å². The Bertz CT molecular complexity index is 632. The van der Waals surface area contributed by atoms with Crippen molar-refractivity contribution in [3.63, 3.8) is 0 Å². The predicted molar refractivity (Wildman–Crippen MR) is 92.7 cm³/mol. The zero-order chi connectivity index (χ0) is 15.4. The molecule has 112 valence electrons. The van der Waals surface area contributed by atoms with Crippen LogP contribution in [0.2, 0.25) is 10.0 Å². The molecule has 0 heterocycles. The molecule has 2 rings (SSSR count). The molecule has 0 atom stereocenters. The lowest BCUT2D eigenvalue weighted by molar-refractivity contribution is 0.469. The molecule has 2 aromatic rings. The van der Waals surface area contributed by atoms with Crippen LogP contribution in [0.5, 0.6) is 11.5 Å². The highest BCUT2D eigenvalue weighted by Crippen LogP contribution is 2.37. The third kappa shape index (κ3) is 4.62. The first kappa shape index (κ1) is 16.6. The van der Waals surface area contributed by atoms with Gasteiger partial charge in [0.25, 0.3) is 0 Å². The molecule has 0 saturated heterocycles. The van der Waals surface area contributed by atoms with Crippen molar-refractivity contribution in [3.05, 3.63) is 56.5 Å². The lowest BCUT2D eigenvalue weighted by Crippen LogP contribution is -2.22. The summed E-state index contributed by atoms with van der Waals surface area (Å²) in [5.74, 6) is 1.21. The van der Waals surface area contributed by atoms with Crippen LogP contribution in [0.25, 0.3) is 0 Å². The molecule has 0 saturated carbocycles. The lowest BCUT2D eigenvalue weighted by atomic mass is 10.2. The standard InChI is InChI=1S/C16H16BrCl2NO/c1-10(2)20-9-11-4-3-5-14(19)16(11)21-15-8-12(17)6-7-13(15)18/h3-8,10,20H,9H2,1-2H3. The first-order chi connectivity index (χ1) is 9.97. The van der Waals surface area contributed by atoms with Gasteiger partial charge in [0.15, 0.2) is 5.75 Å². The molecule has 1 N–H and O–H groups in total. The first-order valence-electron chi connectivity index (χ1n) is 6.61. The molecule has 0 spiro atoms. The fourth-order valence-corrected chi connectivity index (χ4v) is 2.52. The number of para-hydroxylation sites is 1. The second-order valence-corrected chi connectivity index (χ2v) is 6.67. The minimum absolute atomic E-state index is 0.381. The molecule has 0 aliphatic carbocycles. The Balaban J connectivity index is 2.32. The summed E-state index contributed by atoms with van der Waals surface area (Å²) in [7, 11) is 0. The molecule has 0 bridgehead atoms. The number of benzene rings is 2. The third-order valence-corrected chi connectivity index (χ3v) is 3.96. The third-order valence-electron chi connectivity index (χ3n) is 2.85. The van der Waals surface area contributed by atoms with E-state index >= 15 is 0 Å². The van der Waals surface area contributed by atoms with E-state index in [4.69, 9.17) is 27.9 Å². The zero-order valence-electron chi connectivity index (χ0n) is 11.8. The van der Waals surface area contributed by atoms with E-state index in [1.807, 2.05) is 30.3 Å². The van der Waals surface area contributed by atoms with Gasteiger partial charge in [0, 0.05) is 22.6 Å². The van der Waals surface area contributed by atoms with Crippen molar-refractivity contribution in [2.75, 3.05) is 0 Å². The van der Waals surface area contributed by atoms with Crippen molar-refractivity contribution in [2.45, 2.75) is 26.4 Å². The molecule has 2 aromatic carbocycles. The Labute approximate surface area is 143 Å². The minimum Gasteiger partial charge on any atom is -0.454 e. The van der Waals surface area contributed by atoms with Gasteiger partial charge in [-0.2, -0.15) is 0 Å². The molecule has 0 amide bonds. The van der Waals surface area contributed by atoms with Crippen LogP contribution in [-0.2, 0) is 6.54 Å². The van der Waals surface area contributed by atoms with Crippen LogP contribution in [0, 0.1) is 0 Å². The van der Waals surface area contributed by atoms with Gasteiger partial charge in [0.1, 0.15) is 5.75 Å². The van der Waals surface area contributed by atoms with Crippen LogP contribution in [0.1, 0.15) is 19.4 Å². The van der Waals surface area contributed by atoms with E-state index in [0.717, 1.165) is 10.0 Å². The maximum absolute atomic E-state index is 6.28. The van der Waals surface area contributed by atoms with Crippen molar-refractivity contribution in [2.24, 2.45) is 0 Å². The average Bonchev–Trinajstić information content (AvgIpc) is 2.43. The van der Waals surface area contributed by atoms with Crippen LogP contribution in [0.3, 0.4) is 0 Å². The summed E-state index contributed by atoms with van der Waals surface area (Å²) in [5, 5.41) is 4.47. The first-order valence-corrected chi connectivity index (χ1v) is 8.16. The number of nitrogens with one attached hydrogen (secondary N) is 1. The molecular formula is C16H16BrCl2NO. The molecular weight excluding hydrogens is 373 g/mol. The highest BCUT2D eigenvalue weighted by molar-refractivity contribution is 9.10. The predicted octanol–water partition coefficient (Wildman–Crippen LogP) is 6.05. The van der Waals surface area contributed by atoms with E-state index in [9.17, 15) is 0 Å². The second-order valence-electron chi connectivity index (χ2n) is 4.94. The van der Waals surface area contributed by atoms with Crippen molar-refractivity contribution in [1.29, 1.82) is 0 Å². The number of ether oxygens (including phenoxy) is 1. The van der Waals surface area contributed by atoms with Gasteiger partial charge >= 0.3 is 0 Å². The van der Waals surface area contributed by atoms with Crippen molar-refractivity contribution in [1.82, 2.24) is 5.32 Å². The van der Waals surface area contributed by atoms with Crippen molar-refractivity contribution >= 4 is 39.1 Å². The van der Waals surface area contributed by atoms with Gasteiger partial charge in [-0.15, -0.1) is 0 Å². The van der Waals surface area contributed by atoms with Crippen LogP contribution in [0.15, 0.2) is 40.9 Å². The van der Waals surface area contributed by atoms with Gasteiger partial charge in [-0.05, 0) is 24.3 Å². The summed E-state index contributed by atoms with van der Waals surface area (Å²) in [6.07, 6.45) is 0. The van der Waals surface area contributed by atoms with Gasteiger partial charge in [0.2, 0.25) is 0 Å². The van der Waals surface area contributed by atoms with Gasteiger partial charge in [-0.3, -0.25) is 0 Å². The SMILES string of the molecule is CC(C)NCc1cccc(Cl)c1Oc1cc(Br)ccc1Cl. The fraction of sp³-hybridized carbons (Fsp3) is 0.250. The molecule has 0 aliphatic rings. The molecule has 5 heteroatoms. The quantitative estimate of drug-likeness (QED) is 0.673. The van der Waals surface area contributed by atoms with E-state index in [1.165, 1.54) is 0 Å². The maximum atomic E-state index is 6.28. The minimum atomic E-state index is 0.381. The molecule has 0 fully saturated rings. The van der Waals surface area contributed by atoms with Crippen molar-refractivity contribution < 1.29 is 4.74 Å². The van der Waals surface area contributed by atoms with Crippen molar-refractivity contribution in [3.8, 4) is 11.5 Å². The zero-order valence-corrected chi connectivity index (χ0v) is 14.9. The normalized spacial score (nSPS) is 11.0. The second kappa shape index (κ2) is 7.50. The van der Waals surface area contributed by atoms with Gasteiger partial charge in [-0.25, -0.2) is 0 Å². The van der Waals surface area contributed by atoms with E-state index in [1.54, 1.807) is 6.07 Å². The molecule has 0 aromatic heterocycles. The van der Waals surface area contributed by atoms with Crippen LogP contribution < -0.4 is 10.1 Å². The van der Waals surface area contributed by atoms with E-state index in [0.29, 0.717) is 34.1 Å². The lowest BCUT2D eigenvalue weighted by Gasteiger charge is -2.15. The maximum Gasteiger partial charge on any atom is 0.150 e. The number of halogens is 3. The Kier molecular flexibility index (Phi) is 5.94. The van der Waals surface area contributed by atoms with Crippen LogP contribution in [-0.4, -0.2) is 6.04 Å². The smallest absolute Gasteiger partial charge is 0.150 e. The summed E-state index contributed by atoms with van der Waals surface area (Å²) in [6.45, 7) is 4.87. The Morgan fingerprint density at radius 2 is 1.90 bits per heavy atom. The van der Waals surface area contributed by atoms with Gasteiger partial charge < -0.3 is 10.1 Å². The number of hydrogen-bond donors (Lipinski definition) is 1. The van der Waals surface area contributed by atoms with Crippen LogP contribution in [0.4, 0.5) is 0 Å². The summed E-state index contributed by atoms with van der Waals surface area (Å²) < 4.78 is 6.85. The number of rotatable bonds is 5. The van der Waals surface area contributed by atoms with E-state index in [-0.39, 0.29) is 0 Å². The number of hydrogen-bond acceptors (Lipinski definition) is 2. The topological polar surface area (TPSA) is 21.3 Å². The summed E-state index contributed by atoms with van der Waals surface area (Å²) in [4.78, 5) is 0. The average molecular weight is 389 g/mol. The molecule has 0 unspecified atom stereocenters. The Hall–Kier alpha value is -0.740. The van der Waals surface area contributed by atoms with Crippen LogP contribution >= 0.6 is 39.1 Å². The molecule has 0 radical (unpaired) electrons. The molecule has 21 heavy (non-hydrogen) atoms. The highest BCUT2D eigenvalue weighted by Gasteiger charge is 2.12. The summed E-state index contributed by atoms with van der Waals surface area (Å²) >= 11 is 15.9. The Morgan fingerprint density at radius 1 is 1.14 bits per heavy atom. The van der Waals surface area contributed by atoms with E-state index in [2.05, 4.69) is 35.1 Å². The summed E-state index contributed by atoms with van der Waals surface area (Å²) in [6, 6.07) is 11.6. The molecule has 2 nitrogen and oxygen atoms in total. The van der Waals surface area contributed by atoms with Gasteiger partial charge in [-0.1, -0.05) is 65.1 Å².